The Hall–Kier alpha value is -1.50. The lowest BCUT2D eigenvalue weighted by Gasteiger charge is -2.15. The van der Waals surface area contributed by atoms with Crippen molar-refractivity contribution in [3.8, 4) is 0 Å². The van der Waals surface area contributed by atoms with Crippen LogP contribution in [0.15, 0.2) is 35.6 Å². The number of aliphatic hydroxyl groups is 1. The number of carbonyl (C=O) groups excluding carboxylic acids is 2. The Kier molecular flexibility index (Phi) is 4.00. The number of allylic oxidation sites excluding steroid dienone is 3. The fraction of sp³-hybridized carbons (Fsp3) is 0.333. The predicted molar refractivity (Wildman–Crippen MR) is 65.7 cm³/mol. The largest absolute Gasteiger partial charge is 0.504 e. The van der Waals surface area contributed by atoms with Crippen LogP contribution in [0.4, 0.5) is 13.2 Å². The number of alkyl halides is 3. The number of halogens is 3. The minimum absolute atomic E-state index is 0.442. The van der Waals surface area contributed by atoms with Gasteiger partial charge in [0.15, 0.2) is 5.78 Å². The minimum Gasteiger partial charge on any atom is -0.504 e. The highest BCUT2D eigenvalue weighted by Gasteiger charge is 2.52. The molecule has 0 amide bonds. The Morgan fingerprint density at radius 1 is 1.42 bits per heavy atom. The van der Waals surface area contributed by atoms with Gasteiger partial charge in [-0.25, -0.2) is 0 Å². The van der Waals surface area contributed by atoms with E-state index in [9.17, 15) is 22.8 Å². The van der Waals surface area contributed by atoms with Crippen LogP contribution in [0, 0.1) is 0 Å². The molecule has 7 heteroatoms. The second-order valence-electron chi connectivity index (χ2n) is 4.14. The number of ketones is 1. The average molecular weight is 292 g/mol. The molecule has 1 fully saturated rings. The Morgan fingerprint density at radius 3 is 2.37 bits per heavy atom. The summed E-state index contributed by atoms with van der Waals surface area (Å²) in [5.74, 6) is -3.19. The van der Waals surface area contributed by atoms with Gasteiger partial charge in [0.2, 0.25) is 10.9 Å². The Labute approximate surface area is 111 Å². The molecule has 0 unspecified atom stereocenters. The highest BCUT2D eigenvalue weighted by molar-refractivity contribution is 8.17. The van der Waals surface area contributed by atoms with Crippen LogP contribution >= 0.6 is 11.8 Å². The van der Waals surface area contributed by atoms with Gasteiger partial charge < -0.3 is 5.11 Å². The lowest BCUT2D eigenvalue weighted by Crippen LogP contribution is -2.27. The second kappa shape index (κ2) is 4.88. The molecule has 19 heavy (non-hydrogen) atoms. The monoisotopic (exact) mass is 292 g/mol. The first-order valence-corrected chi connectivity index (χ1v) is 5.95. The number of carbonyl (C=O) groups is 2. The number of hydrogen-bond acceptors (Lipinski definition) is 4. The molecule has 3 nitrogen and oxygen atoms in total. The van der Waals surface area contributed by atoms with Crippen molar-refractivity contribution in [1.82, 2.24) is 0 Å². The quantitative estimate of drug-likeness (QED) is 0.368. The lowest BCUT2D eigenvalue weighted by molar-refractivity contribution is -0.129. The molecule has 1 aliphatic rings. The number of hydrogen-bond donors (Lipinski definition) is 1. The van der Waals surface area contributed by atoms with Crippen molar-refractivity contribution in [1.29, 1.82) is 0 Å². The van der Waals surface area contributed by atoms with E-state index < -0.39 is 33.2 Å². The van der Waals surface area contributed by atoms with Gasteiger partial charge in [0, 0.05) is 0 Å². The molecule has 1 atom stereocenters. The molecular weight excluding hydrogens is 281 g/mol. The maximum atomic E-state index is 12.4. The number of Topliss-reactive ketones (excluding diaryl/α,β-unsaturated/α-hetero) is 1. The maximum absolute atomic E-state index is 12.4. The molecule has 0 bridgehead atoms. The van der Waals surface area contributed by atoms with Crippen LogP contribution in [0.1, 0.15) is 13.8 Å². The number of rotatable bonds is 2. The van der Waals surface area contributed by atoms with Gasteiger partial charge in [0.1, 0.15) is 10.3 Å². The van der Waals surface area contributed by atoms with Crippen LogP contribution < -0.4 is 0 Å². The lowest BCUT2D eigenvalue weighted by atomic mass is 9.96. The first-order valence-electron chi connectivity index (χ1n) is 5.13. The van der Waals surface area contributed by atoms with Crippen molar-refractivity contribution in [2.45, 2.75) is 24.8 Å². The summed E-state index contributed by atoms with van der Waals surface area (Å²) in [5.41, 5.74) is -0.656. The molecule has 0 aromatic carbocycles. The third-order valence-electron chi connectivity index (χ3n) is 2.52. The topological polar surface area (TPSA) is 54.4 Å². The highest BCUT2D eigenvalue weighted by atomic mass is 32.2. The molecule has 104 valence electrons. The third kappa shape index (κ3) is 2.91. The van der Waals surface area contributed by atoms with Gasteiger partial charge in [-0.3, -0.25) is 9.59 Å². The van der Waals surface area contributed by atoms with Crippen molar-refractivity contribution >= 4 is 22.7 Å². The molecule has 0 aromatic heterocycles. The molecule has 1 aliphatic heterocycles. The van der Waals surface area contributed by atoms with Crippen molar-refractivity contribution in [3.05, 3.63) is 35.6 Å². The van der Waals surface area contributed by atoms with Crippen molar-refractivity contribution in [2.24, 2.45) is 0 Å². The van der Waals surface area contributed by atoms with E-state index >= 15 is 0 Å². The van der Waals surface area contributed by atoms with Crippen LogP contribution in [0.25, 0.3) is 0 Å². The minimum atomic E-state index is -5.12. The molecule has 1 saturated heterocycles. The summed E-state index contributed by atoms with van der Waals surface area (Å²) in [7, 11) is 0. The zero-order valence-corrected chi connectivity index (χ0v) is 11.0. The van der Waals surface area contributed by atoms with E-state index in [0.29, 0.717) is 17.3 Å². The molecule has 0 radical (unpaired) electrons. The summed E-state index contributed by atoms with van der Waals surface area (Å²) in [6.07, 6.45) is -2.36. The summed E-state index contributed by atoms with van der Waals surface area (Å²) in [6.45, 7) is 6.38. The SMILES string of the molecule is C=C/C(C)=C/[C@@]1(C)SC(=O)/C(=C(/O)C(F)(F)F)C1=O. The molecule has 0 spiro atoms. The molecule has 0 aromatic rings. The van der Waals surface area contributed by atoms with Crippen LogP contribution in [0.2, 0.25) is 0 Å². The van der Waals surface area contributed by atoms with Gasteiger partial charge >= 0.3 is 6.18 Å². The van der Waals surface area contributed by atoms with Gasteiger partial charge in [-0.05, 0) is 13.8 Å². The standard InChI is InChI=1S/C12H11F3O3S/c1-4-6(2)5-11(3)8(16)7(10(18)19-11)9(17)12(13,14)15/h4-5,17H,1H2,2-3H3/b6-5+,9-7+/t11-/m1/s1. The van der Waals surface area contributed by atoms with Crippen LogP contribution in [-0.4, -0.2) is 26.9 Å². The van der Waals surface area contributed by atoms with E-state index in [0.717, 1.165) is 0 Å². The molecule has 0 aliphatic carbocycles. The fourth-order valence-corrected chi connectivity index (χ4v) is 2.68. The van der Waals surface area contributed by atoms with Crippen molar-refractivity contribution in [2.75, 3.05) is 0 Å². The van der Waals surface area contributed by atoms with E-state index in [4.69, 9.17) is 5.11 Å². The first-order chi connectivity index (χ1) is 8.53. The zero-order chi connectivity index (χ0) is 15.0. The van der Waals surface area contributed by atoms with Gasteiger partial charge in [-0.2, -0.15) is 13.2 Å². The molecular formula is C12H11F3O3S. The van der Waals surface area contributed by atoms with E-state index in [-0.39, 0.29) is 0 Å². The number of aliphatic hydroxyl groups excluding tert-OH is 1. The molecule has 1 rings (SSSR count). The highest BCUT2D eigenvalue weighted by Crippen LogP contribution is 2.44. The summed E-state index contributed by atoms with van der Waals surface area (Å²) in [4.78, 5) is 23.5. The van der Waals surface area contributed by atoms with E-state index in [2.05, 4.69) is 6.58 Å². The van der Waals surface area contributed by atoms with E-state index in [1.165, 1.54) is 19.1 Å². The smallest absolute Gasteiger partial charge is 0.449 e. The second-order valence-corrected chi connectivity index (χ2v) is 5.56. The number of thioether (sulfide) groups is 1. The predicted octanol–water partition coefficient (Wildman–Crippen LogP) is 3.09. The van der Waals surface area contributed by atoms with Crippen molar-refractivity contribution < 1.29 is 27.9 Å². The normalized spacial score (nSPS) is 27.7. The summed E-state index contributed by atoms with van der Waals surface area (Å²) < 4.78 is 35.7. The Bertz CT molecular complexity index is 517. The first kappa shape index (κ1) is 15.6. The fourth-order valence-electron chi connectivity index (χ4n) is 1.57. The summed E-state index contributed by atoms with van der Waals surface area (Å²) in [5, 5.41) is 7.92. The molecule has 1 heterocycles. The van der Waals surface area contributed by atoms with E-state index in [1.54, 1.807) is 6.92 Å². The Morgan fingerprint density at radius 2 is 1.95 bits per heavy atom. The zero-order valence-electron chi connectivity index (χ0n) is 10.2. The molecule has 1 N–H and O–H groups in total. The van der Waals surface area contributed by atoms with Crippen LogP contribution in [0.3, 0.4) is 0 Å². The maximum Gasteiger partial charge on any atom is 0.449 e. The van der Waals surface area contributed by atoms with E-state index in [1.807, 2.05) is 0 Å². The van der Waals surface area contributed by atoms with Crippen LogP contribution in [0.5, 0.6) is 0 Å². The van der Waals surface area contributed by atoms with Crippen LogP contribution in [-0.2, 0) is 9.59 Å². The molecule has 0 saturated carbocycles. The van der Waals surface area contributed by atoms with Gasteiger partial charge in [0.05, 0.1) is 0 Å². The van der Waals surface area contributed by atoms with Gasteiger partial charge in [-0.15, -0.1) is 0 Å². The summed E-state index contributed by atoms with van der Waals surface area (Å²) in [6, 6.07) is 0. The third-order valence-corrected chi connectivity index (χ3v) is 3.63. The summed E-state index contributed by atoms with van der Waals surface area (Å²) >= 11 is 0.442. The average Bonchev–Trinajstić information content (AvgIpc) is 2.47. The Balaban J connectivity index is 3.36. The van der Waals surface area contributed by atoms with Gasteiger partial charge in [-0.1, -0.05) is 36.1 Å². The van der Waals surface area contributed by atoms with Crippen molar-refractivity contribution in [3.63, 3.8) is 0 Å². The van der Waals surface area contributed by atoms with Gasteiger partial charge in [0.25, 0.3) is 0 Å².